The summed E-state index contributed by atoms with van der Waals surface area (Å²) < 4.78 is 38.0. The zero-order chi connectivity index (χ0) is 22.0. The molecule has 4 rings (SSSR count). The summed E-state index contributed by atoms with van der Waals surface area (Å²) in [6.45, 7) is 1.89. The van der Waals surface area contributed by atoms with E-state index in [9.17, 15) is 18.0 Å². The van der Waals surface area contributed by atoms with Crippen LogP contribution in [0.1, 0.15) is 40.9 Å². The van der Waals surface area contributed by atoms with Crippen molar-refractivity contribution in [1.29, 1.82) is 0 Å². The molecule has 0 radical (unpaired) electrons. The molecule has 1 saturated carbocycles. The van der Waals surface area contributed by atoms with Gasteiger partial charge in [0.1, 0.15) is 5.82 Å². The van der Waals surface area contributed by atoms with Gasteiger partial charge < -0.3 is 10.6 Å². The van der Waals surface area contributed by atoms with Gasteiger partial charge in [0, 0.05) is 12.1 Å². The highest BCUT2D eigenvalue weighted by Gasteiger charge is 2.33. The third-order valence-electron chi connectivity index (χ3n) is 5.14. The van der Waals surface area contributed by atoms with Gasteiger partial charge in [0.2, 0.25) is 0 Å². The average Bonchev–Trinajstić information content (AvgIpc) is 3.40. The number of halogens is 3. The summed E-state index contributed by atoms with van der Waals surface area (Å²) in [5.74, 6) is -0.0376. The Hall–Kier alpha value is -3.50. The standard InChI is InChI=1S/C20H20F3N7O/c1-12-5-6-16(30-26-7-8-27-30)13(9-12)19(31)29-15-4-2-3-14(15)28-18-11-24-17(10-25-18)20(21,22)23/h5-11,14-15H,2-4H2,1H3,(H,25,28)(H,29,31)/t14-,15+/m0/s1. The second-order valence-corrected chi connectivity index (χ2v) is 7.39. The molecule has 31 heavy (non-hydrogen) atoms. The molecule has 0 saturated heterocycles. The summed E-state index contributed by atoms with van der Waals surface area (Å²) in [5, 5.41) is 14.3. The number of aryl methyl sites for hydroxylation is 1. The number of aromatic nitrogens is 5. The van der Waals surface area contributed by atoms with E-state index >= 15 is 0 Å². The second kappa shape index (κ2) is 8.32. The molecule has 3 aromatic rings. The first-order valence-electron chi connectivity index (χ1n) is 9.75. The normalized spacial score (nSPS) is 18.7. The van der Waals surface area contributed by atoms with Gasteiger partial charge in [0.25, 0.3) is 5.91 Å². The molecule has 2 heterocycles. The van der Waals surface area contributed by atoms with Gasteiger partial charge in [0.05, 0.1) is 36.0 Å². The van der Waals surface area contributed by atoms with Gasteiger partial charge in [-0.1, -0.05) is 11.6 Å². The summed E-state index contributed by atoms with van der Waals surface area (Å²) in [6.07, 6.45) is 2.62. The summed E-state index contributed by atoms with van der Waals surface area (Å²) >= 11 is 0. The maximum Gasteiger partial charge on any atom is 0.434 e. The lowest BCUT2D eigenvalue weighted by Gasteiger charge is -2.23. The first-order valence-corrected chi connectivity index (χ1v) is 9.75. The summed E-state index contributed by atoms with van der Waals surface area (Å²) in [4.78, 5) is 21.7. The van der Waals surface area contributed by atoms with E-state index in [0.717, 1.165) is 31.0 Å². The highest BCUT2D eigenvalue weighted by molar-refractivity contribution is 5.98. The minimum Gasteiger partial charge on any atom is -0.364 e. The van der Waals surface area contributed by atoms with E-state index in [-0.39, 0.29) is 23.8 Å². The average molecular weight is 431 g/mol. The predicted molar refractivity (Wildman–Crippen MR) is 106 cm³/mol. The molecular weight excluding hydrogens is 411 g/mol. The maximum atomic E-state index is 13.1. The van der Waals surface area contributed by atoms with Crippen LogP contribution in [-0.4, -0.2) is 43.0 Å². The molecule has 8 nitrogen and oxygen atoms in total. The molecule has 1 amide bonds. The molecule has 11 heteroatoms. The zero-order valence-electron chi connectivity index (χ0n) is 16.6. The Bertz CT molecular complexity index is 1050. The fourth-order valence-corrected chi connectivity index (χ4v) is 3.64. The number of anilines is 1. The smallest absolute Gasteiger partial charge is 0.364 e. The zero-order valence-corrected chi connectivity index (χ0v) is 16.6. The van der Waals surface area contributed by atoms with E-state index in [2.05, 4.69) is 30.8 Å². The van der Waals surface area contributed by atoms with Crippen LogP contribution in [0.5, 0.6) is 0 Å². The van der Waals surface area contributed by atoms with Crippen molar-refractivity contribution < 1.29 is 18.0 Å². The van der Waals surface area contributed by atoms with Crippen LogP contribution in [0, 0.1) is 6.92 Å². The number of carbonyl (C=O) groups is 1. The molecule has 0 unspecified atom stereocenters. The van der Waals surface area contributed by atoms with Crippen LogP contribution in [0.2, 0.25) is 0 Å². The van der Waals surface area contributed by atoms with Gasteiger partial charge in [-0.05, 0) is 38.3 Å². The topological polar surface area (TPSA) is 97.6 Å². The van der Waals surface area contributed by atoms with Crippen molar-refractivity contribution in [3.05, 3.63) is 59.8 Å². The number of carbonyl (C=O) groups excluding carboxylic acids is 1. The molecular formula is C20H20F3N7O. The van der Waals surface area contributed by atoms with Crippen molar-refractivity contribution in [2.75, 3.05) is 5.32 Å². The monoisotopic (exact) mass is 431 g/mol. The third-order valence-corrected chi connectivity index (χ3v) is 5.14. The fraction of sp³-hybridized carbons (Fsp3) is 0.350. The largest absolute Gasteiger partial charge is 0.434 e. The number of rotatable bonds is 5. The first kappa shape index (κ1) is 20.8. The van der Waals surface area contributed by atoms with Crippen molar-refractivity contribution in [1.82, 2.24) is 30.3 Å². The number of alkyl halides is 3. The lowest BCUT2D eigenvalue weighted by Crippen LogP contribution is -2.43. The Morgan fingerprint density at radius 2 is 1.84 bits per heavy atom. The van der Waals surface area contributed by atoms with Crippen LogP contribution >= 0.6 is 0 Å². The van der Waals surface area contributed by atoms with Crippen molar-refractivity contribution in [2.24, 2.45) is 0 Å². The quantitative estimate of drug-likeness (QED) is 0.644. The Labute approximate surface area is 175 Å². The lowest BCUT2D eigenvalue weighted by molar-refractivity contribution is -0.141. The summed E-state index contributed by atoms with van der Waals surface area (Å²) in [6, 6.07) is 5.04. The first-order chi connectivity index (χ1) is 14.8. The molecule has 0 bridgehead atoms. The van der Waals surface area contributed by atoms with Crippen LogP contribution in [0.3, 0.4) is 0 Å². The molecule has 162 valence electrons. The molecule has 1 aliphatic rings. The molecule has 2 aromatic heterocycles. The molecule has 1 aromatic carbocycles. The molecule has 2 N–H and O–H groups in total. The van der Waals surface area contributed by atoms with Crippen molar-refractivity contribution in [2.45, 2.75) is 44.4 Å². The highest BCUT2D eigenvalue weighted by atomic mass is 19.4. The molecule has 1 aliphatic carbocycles. The van der Waals surface area contributed by atoms with Gasteiger partial charge in [-0.15, -0.1) is 0 Å². The molecule has 1 fully saturated rings. The van der Waals surface area contributed by atoms with Crippen molar-refractivity contribution >= 4 is 11.7 Å². The molecule has 0 aliphatic heterocycles. The van der Waals surface area contributed by atoms with E-state index < -0.39 is 11.9 Å². The summed E-state index contributed by atoms with van der Waals surface area (Å²) in [5.41, 5.74) is 0.871. The van der Waals surface area contributed by atoms with Crippen LogP contribution in [-0.2, 0) is 6.18 Å². The van der Waals surface area contributed by atoms with E-state index in [0.29, 0.717) is 17.4 Å². The molecule has 0 spiro atoms. The van der Waals surface area contributed by atoms with E-state index in [1.807, 2.05) is 13.0 Å². The Morgan fingerprint density at radius 3 is 2.52 bits per heavy atom. The number of nitrogens with one attached hydrogen (secondary N) is 2. The maximum absolute atomic E-state index is 13.1. The van der Waals surface area contributed by atoms with E-state index in [1.165, 1.54) is 17.2 Å². The van der Waals surface area contributed by atoms with Gasteiger partial charge in [-0.2, -0.15) is 28.2 Å². The van der Waals surface area contributed by atoms with E-state index in [1.54, 1.807) is 12.1 Å². The minimum atomic E-state index is -4.54. The van der Waals surface area contributed by atoms with Crippen LogP contribution in [0.25, 0.3) is 5.69 Å². The van der Waals surface area contributed by atoms with Crippen LogP contribution in [0.4, 0.5) is 19.0 Å². The number of benzene rings is 1. The van der Waals surface area contributed by atoms with Gasteiger partial charge >= 0.3 is 6.18 Å². The van der Waals surface area contributed by atoms with Gasteiger partial charge in [0.15, 0.2) is 5.69 Å². The van der Waals surface area contributed by atoms with Crippen LogP contribution in [0.15, 0.2) is 43.0 Å². The summed E-state index contributed by atoms with van der Waals surface area (Å²) in [7, 11) is 0. The van der Waals surface area contributed by atoms with Crippen molar-refractivity contribution in [3.8, 4) is 5.69 Å². The third kappa shape index (κ3) is 4.65. The van der Waals surface area contributed by atoms with Gasteiger partial charge in [-0.3, -0.25) is 4.79 Å². The highest BCUT2D eigenvalue weighted by Crippen LogP contribution is 2.28. The SMILES string of the molecule is Cc1ccc(-n2nccn2)c(C(=O)N[C@@H]2CCC[C@@H]2Nc2cnc(C(F)(F)F)cn2)c1. The lowest BCUT2D eigenvalue weighted by atomic mass is 10.1. The van der Waals surface area contributed by atoms with E-state index in [4.69, 9.17) is 0 Å². The Morgan fingerprint density at radius 1 is 1.10 bits per heavy atom. The van der Waals surface area contributed by atoms with Crippen molar-refractivity contribution in [3.63, 3.8) is 0 Å². The molecule has 2 atom stereocenters. The second-order valence-electron chi connectivity index (χ2n) is 7.39. The number of hydrogen-bond acceptors (Lipinski definition) is 6. The fourth-order valence-electron chi connectivity index (χ4n) is 3.64. The number of hydrogen-bond donors (Lipinski definition) is 2. The number of nitrogens with zero attached hydrogens (tertiary/aromatic N) is 5. The Balaban J connectivity index is 1.48. The predicted octanol–water partition coefficient (Wildman–Crippen LogP) is 3.15. The Kier molecular flexibility index (Phi) is 5.57. The minimum absolute atomic E-state index is 0.175. The van der Waals surface area contributed by atoms with Gasteiger partial charge in [-0.25, -0.2) is 9.97 Å². The number of amides is 1. The van der Waals surface area contributed by atoms with Crippen LogP contribution < -0.4 is 10.6 Å².